The maximum absolute atomic E-state index is 11.6. The van der Waals surface area contributed by atoms with Crippen LogP contribution in [-0.4, -0.2) is 19.4 Å². The Morgan fingerprint density at radius 1 is 0.471 bits per heavy atom. The first-order valence-corrected chi connectivity index (χ1v) is 14.9. The number of ether oxygens (including phenoxy) is 2. The summed E-state index contributed by atoms with van der Waals surface area (Å²) in [6.07, 6.45) is 36.2. The molecular formula is C31H58O3. The van der Waals surface area contributed by atoms with Crippen LogP contribution in [-0.2, 0) is 9.47 Å². The Labute approximate surface area is 213 Å². The second-order valence-electron chi connectivity index (χ2n) is 9.71. The summed E-state index contributed by atoms with van der Waals surface area (Å²) in [5, 5.41) is 0. The predicted octanol–water partition coefficient (Wildman–Crippen LogP) is 10.9. The van der Waals surface area contributed by atoms with Crippen molar-refractivity contribution in [2.45, 2.75) is 155 Å². The van der Waals surface area contributed by atoms with Crippen LogP contribution >= 0.6 is 0 Å². The summed E-state index contributed by atoms with van der Waals surface area (Å²) < 4.78 is 10.3. The lowest BCUT2D eigenvalue weighted by Gasteiger charge is -2.06. The fourth-order valence-corrected chi connectivity index (χ4v) is 4.03. The smallest absolute Gasteiger partial charge is 0.434 e. The lowest BCUT2D eigenvalue weighted by Crippen LogP contribution is -2.09. The van der Waals surface area contributed by atoms with Crippen LogP contribution in [0.5, 0.6) is 0 Å². The van der Waals surface area contributed by atoms with Crippen molar-refractivity contribution in [2.24, 2.45) is 0 Å². The Kier molecular flexibility index (Phi) is 28.7. The van der Waals surface area contributed by atoms with Gasteiger partial charge in [0.05, 0.1) is 13.2 Å². The van der Waals surface area contributed by atoms with Gasteiger partial charge >= 0.3 is 6.16 Å². The Hall–Kier alpha value is -1.25. The van der Waals surface area contributed by atoms with E-state index in [1.165, 1.54) is 109 Å². The van der Waals surface area contributed by atoms with E-state index in [0.29, 0.717) is 13.2 Å². The van der Waals surface area contributed by atoms with E-state index in [4.69, 9.17) is 9.47 Å². The van der Waals surface area contributed by atoms with Gasteiger partial charge in [-0.2, -0.15) is 0 Å². The minimum absolute atomic E-state index is 0.487. The Bertz CT molecular complexity index is 456. The molecule has 0 aliphatic rings. The molecule has 0 spiro atoms. The fraction of sp³-hybridized carbons (Fsp3) is 0.839. The third-order valence-electron chi connectivity index (χ3n) is 6.28. The monoisotopic (exact) mass is 478 g/mol. The average Bonchev–Trinajstić information content (AvgIpc) is 2.84. The van der Waals surface area contributed by atoms with Crippen LogP contribution < -0.4 is 0 Å². The van der Waals surface area contributed by atoms with Crippen LogP contribution in [0.15, 0.2) is 24.3 Å². The molecule has 0 bridgehead atoms. The van der Waals surface area contributed by atoms with E-state index in [1.54, 1.807) is 0 Å². The first-order chi connectivity index (χ1) is 16.8. The normalized spacial score (nSPS) is 11.6. The highest BCUT2D eigenvalue weighted by atomic mass is 16.7. The van der Waals surface area contributed by atoms with Gasteiger partial charge < -0.3 is 9.47 Å². The largest absolute Gasteiger partial charge is 0.508 e. The molecule has 0 aromatic carbocycles. The molecule has 0 fully saturated rings. The summed E-state index contributed by atoms with van der Waals surface area (Å²) in [6, 6.07) is 0. The topological polar surface area (TPSA) is 35.5 Å². The lowest BCUT2D eigenvalue weighted by molar-refractivity contribution is 0.0529. The molecule has 0 saturated carbocycles. The van der Waals surface area contributed by atoms with Gasteiger partial charge in [0.25, 0.3) is 0 Å². The third-order valence-corrected chi connectivity index (χ3v) is 6.28. The summed E-state index contributed by atoms with van der Waals surface area (Å²) in [7, 11) is 0. The molecule has 0 unspecified atom stereocenters. The van der Waals surface area contributed by atoms with Crippen molar-refractivity contribution in [3.8, 4) is 0 Å². The molecular weight excluding hydrogens is 420 g/mol. The van der Waals surface area contributed by atoms with Crippen molar-refractivity contribution < 1.29 is 14.3 Å². The third kappa shape index (κ3) is 28.8. The summed E-state index contributed by atoms with van der Waals surface area (Å²) in [6.45, 7) is 5.50. The molecule has 0 N–H and O–H groups in total. The highest BCUT2D eigenvalue weighted by molar-refractivity contribution is 5.59. The minimum Gasteiger partial charge on any atom is -0.434 e. The molecule has 0 rings (SSSR count). The van der Waals surface area contributed by atoms with Crippen molar-refractivity contribution in [1.82, 2.24) is 0 Å². The molecule has 200 valence electrons. The van der Waals surface area contributed by atoms with Gasteiger partial charge in [0.15, 0.2) is 0 Å². The zero-order chi connectivity index (χ0) is 24.8. The van der Waals surface area contributed by atoms with Gasteiger partial charge in [-0.15, -0.1) is 0 Å². The number of hydrogen-bond acceptors (Lipinski definition) is 3. The SMILES string of the molecule is CCCCCC=CCC=CCCCCCCCCOC(=O)OCCCCCCCCCCCC. The number of hydrogen-bond donors (Lipinski definition) is 0. The lowest BCUT2D eigenvalue weighted by atomic mass is 10.1. The average molecular weight is 479 g/mol. The van der Waals surface area contributed by atoms with Crippen LogP contribution in [0.2, 0.25) is 0 Å². The molecule has 0 aliphatic carbocycles. The Morgan fingerprint density at radius 2 is 0.824 bits per heavy atom. The van der Waals surface area contributed by atoms with Gasteiger partial charge in [0.2, 0.25) is 0 Å². The van der Waals surface area contributed by atoms with Crippen LogP contribution in [0.3, 0.4) is 0 Å². The van der Waals surface area contributed by atoms with E-state index in [9.17, 15) is 4.79 Å². The Morgan fingerprint density at radius 3 is 1.29 bits per heavy atom. The van der Waals surface area contributed by atoms with Crippen molar-refractivity contribution >= 4 is 6.16 Å². The summed E-state index contributed by atoms with van der Waals surface area (Å²) in [5.74, 6) is 0. The van der Waals surface area contributed by atoms with E-state index in [2.05, 4.69) is 38.2 Å². The molecule has 3 nitrogen and oxygen atoms in total. The molecule has 0 aliphatic heterocycles. The number of unbranched alkanes of at least 4 members (excludes halogenated alkanes) is 18. The quantitative estimate of drug-likeness (QED) is 0.0704. The van der Waals surface area contributed by atoms with E-state index in [-0.39, 0.29) is 0 Å². The van der Waals surface area contributed by atoms with E-state index in [0.717, 1.165) is 32.1 Å². The van der Waals surface area contributed by atoms with E-state index >= 15 is 0 Å². The molecule has 3 heteroatoms. The van der Waals surface area contributed by atoms with Gasteiger partial charge in [-0.05, 0) is 44.9 Å². The van der Waals surface area contributed by atoms with Crippen LogP contribution in [0.1, 0.15) is 155 Å². The van der Waals surface area contributed by atoms with Gasteiger partial charge in [0.1, 0.15) is 0 Å². The molecule has 34 heavy (non-hydrogen) atoms. The highest BCUT2D eigenvalue weighted by Gasteiger charge is 2.03. The molecule has 0 radical (unpaired) electrons. The van der Waals surface area contributed by atoms with Crippen LogP contribution in [0, 0.1) is 0 Å². The zero-order valence-corrected chi connectivity index (χ0v) is 23.0. The number of carbonyl (C=O) groups excluding carboxylic acids is 1. The second kappa shape index (κ2) is 29.8. The summed E-state index contributed by atoms with van der Waals surface area (Å²) in [5.41, 5.74) is 0. The molecule has 0 saturated heterocycles. The number of rotatable bonds is 26. The Balaban J connectivity index is 3.23. The number of allylic oxidation sites excluding steroid dienone is 4. The van der Waals surface area contributed by atoms with Gasteiger partial charge in [-0.3, -0.25) is 0 Å². The zero-order valence-electron chi connectivity index (χ0n) is 23.0. The van der Waals surface area contributed by atoms with Crippen molar-refractivity contribution in [3.63, 3.8) is 0 Å². The van der Waals surface area contributed by atoms with Crippen molar-refractivity contribution in [2.75, 3.05) is 13.2 Å². The molecule has 0 amide bonds. The van der Waals surface area contributed by atoms with E-state index < -0.39 is 6.16 Å². The minimum atomic E-state index is -0.487. The van der Waals surface area contributed by atoms with E-state index in [1.807, 2.05) is 0 Å². The summed E-state index contributed by atoms with van der Waals surface area (Å²) >= 11 is 0. The predicted molar refractivity (Wildman–Crippen MR) is 149 cm³/mol. The number of carbonyl (C=O) groups is 1. The molecule has 0 atom stereocenters. The van der Waals surface area contributed by atoms with Crippen molar-refractivity contribution in [3.05, 3.63) is 24.3 Å². The van der Waals surface area contributed by atoms with Gasteiger partial charge in [-0.25, -0.2) is 4.79 Å². The highest BCUT2D eigenvalue weighted by Crippen LogP contribution is 2.11. The van der Waals surface area contributed by atoms with Crippen LogP contribution in [0.25, 0.3) is 0 Å². The second-order valence-corrected chi connectivity index (χ2v) is 9.71. The van der Waals surface area contributed by atoms with Crippen LogP contribution in [0.4, 0.5) is 4.79 Å². The standard InChI is InChI=1S/C31H58O3/c1-3-5-7-9-11-13-15-16-17-18-19-20-22-24-26-28-30-34-31(32)33-29-27-25-23-21-14-12-10-8-6-4-2/h11,13,16-17H,3-10,12,14-15,18-30H2,1-2H3. The first-order valence-electron chi connectivity index (χ1n) is 14.9. The van der Waals surface area contributed by atoms with Gasteiger partial charge in [0, 0.05) is 0 Å². The first kappa shape index (κ1) is 32.8. The molecule has 0 aromatic heterocycles. The van der Waals surface area contributed by atoms with Gasteiger partial charge in [-0.1, -0.05) is 134 Å². The maximum atomic E-state index is 11.6. The summed E-state index contributed by atoms with van der Waals surface area (Å²) in [4.78, 5) is 11.6. The molecule has 0 aromatic rings. The molecule has 0 heterocycles. The fourth-order valence-electron chi connectivity index (χ4n) is 4.03. The van der Waals surface area contributed by atoms with Crippen molar-refractivity contribution in [1.29, 1.82) is 0 Å². The maximum Gasteiger partial charge on any atom is 0.508 e.